The summed E-state index contributed by atoms with van der Waals surface area (Å²) in [5, 5.41) is 12.6. The molecule has 17 heavy (non-hydrogen) atoms. The predicted octanol–water partition coefficient (Wildman–Crippen LogP) is 0.361. The molecule has 2 N–H and O–H groups in total. The molecule has 0 aromatic rings. The molecule has 0 spiro atoms. The summed E-state index contributed by atoms with van der Waals surface area (Å²) >= 11 is 11.8. The maximum atomic E-state index is 11.7. The van der Waals surface area contributed by atoms with Crippen LogP contribution in [0.1, 0.15) is 20.8 Å². The smallest absolute Gasteiger partial charge is 0.339 e. The van der Waals surface area contributed by atoms with Crippen LogP contribution in [0.25, 0.3) is 0 Å². The summed E-state index contributed by atoms with van der Waals surface area (Å²) in [7, 11) is 0. The van der Waals surface area contributed by atoms with Crippen LogP contribution in [0.15, 0.2) is 0 Å². The average molecular weight is 282 g/mol. The fourth-order valence-electron chi connectivity index (χ4n) is 2.43. The van der Waals surface area contributed by atoms with E-state index in [0.29, 0.717) is 0 Å². The molecule has 7 heteroatoms. The van der Waals surface area contributed by atoms with Gasteiger partial charge in [-0.3, -0.25) is 4.79 Å². The van der Waals surface area contributed by atoms with Crippen molar-refractivity contribution in [3.63, 3.8) is 0 Å². The van der Waals surface area contributed by atoms with E-state index in [4.69, 9.17) is 27.9 Å². The fourth-order valence-corrected chi connectivity index (χ4v) is 2.90. The molecule has 1 amide bonds. The molecule has 3 atom stereocenters. The Morgan fingerprint density at radius 3 is 2.24 bits per heavy atom. The van der Waals surface area contributed by atoms with Gasteiger partial charge in [0.15, 0.2) is 5.60 Å². The Morgan fingerprint density at radius 2 is 1.88 bits per heavy atom. The van der Waals surface area contributed by atoms with E-state index in [2.05, 4.69) is 5.32 Å². The van der Waals surface area contributed by atoms with E-state index >= 15 is 0 Å². The number of aliphatic hydroxyl groups excluding tert-OH is 1. The quantitative estimate of drug-likeness (QED) is 0.566. The van der Waals surface area contributed by atoms with Crippen molar-refractivity contribution < 1.29 is 19.4 Å². The van der Waals surface area contributed by atoms with Gasteiger partial charge >= 0.3 is 5.97 Å². The molecular formula is C10H13Cl2NO4. The standard InChI is InChI=1S/C10H13Cl2NO4/c1-4(2)5(14)9-7(16)17-8(9,3)10(11,12)6(15)13-9/h4-5,14H,1-3H3,(H,13,15)/t5-,8+,9?/m0/s1. The van der Waals surface area contributed by atoms with E-state index in [1.807, 2.05) is 0 Å². The molecular weight excluding hydrogens is 269 g/mol. The van der Waals surface area contributed by atoms with Crippen molar-refractivity contribution in [1.82, 2.24) is 5.32 Å². The van der Waals surface area contributed by atoms with Crippen LogP contribution < -0.4 is 5.32 Å². The minimum Gasteiger partial charge on any atom is -0.450 e. The summed E-state index contributed by atoms with van der Waals surface area (Å²) in [6.07, 6.45) is -1.11. The second-order valence-electron chi connectivity index (χ2n) is 4.95. The van der Waals surface area contributed by atoms with Crippen LogP contribution in [0.2, 0.25) is 0 Å². The third-order valence-corrected chi connectivity index (χ3v) is 4.71. The number of ether oxygens (including phenoxy) is 1. The zero-order valence-corrected chi connectivity index (χ0v) is 11.1. The van der Waals surface area contributed by atoms with Crippen LogP contribution in [0.4, 0.5) is 0 Å². The number of nitrogens with one attached hydrogen (secondary N) is 1. The lowest BCUT2D eigenvalue weighted by atomic mass is 9.69. The van der Waals surface area contributed by atoms with Gasteiger partial charge in [0.2, 0.25) is 9.87 Å². The first kappa shape index (κ1) is 12.9. The zero-order valence-electron chi connectivity index (χ0n) is 9.58. The molecule has 2 saturated heterocycles. The van der Waals surface area contributed by atoms with Gasteiger partial charge in [0.1, 0.15) is 0 Å². The third kappa shape index (κ3) is 1.15. The molecule has 2 fully saturated rings. The van der Waals surface area contributed by atoms with Crippen LogP contribution in [0.5, 0.6) is 0 Å². The Balaban J connectivity index is 2.53. The van der Waals surface area contributed by atoms with Gasteiger partial charge in [0.05, 0.1) is 6.10 Å². The molecule has 1 unspecified atom stereocenters. The van der Waals surface area contributed by atoms with Gasteiger partial charge in [-0.15, -0.1) is 0 Å². The molecule has 2 heterocycles. The summed E-state index contributed by atoms with van der Waals surface area (Å²) < 4.78 is 3.07. The normalized spacial score (nSPS) is 40.4. The lowest BCUT2D eigenvalue weighted by molar-refractivity contribution is -0.231. The van der Waals surface area contributed by atoms with Crippen molar-refractivity contribution in [2.24, 2.45) is 5.92 Å². The van der Waals surface area contributed by atoms with Crippen molar-refractivity contribution >= 4 is 35.1 Å². The van der Waals surface area contributed by atoms with E-state index in [1.54, 1.807) is 13.8 Å². The molecule has 0 aliphatic carbocycles. The molecule has 0 bridgehead atoms. The number of aliphatic hydroxyl groups is 1. The number of halogens is 2. The number of hydrogen-bond donors (Lipinski definition) is 2. The van der Waals surface area contributed by atoms with Crippen LogP contribution in [-0.2, 0) is 14.3 Å². The lowest BCUT2D eigenvalue weighted by Gasteiger charge is -2.54. The highest BCUT2D eigenvalue weighted by Crippen LogP contribution is 2.57. The van der Waals surface area contributed by atoms with E-state index in [-0.39, 0.29) is 5.92 Å². The highest BCUT2D eigenvalue weighted by Gasteiger charge is 2.85. The van der Waals surface area contributed by atoms with Crippen LogP contribution in [0, 0.1) is 5.92 Å². The van der Waals surface area contributed by atoms with E-state index in [1.165, 1.54) is 6.92 Å². The van der Waals surface area contributed by atoms with Crippen molar-refractivity contribution in [1.29, 1.82) is 0 Å². The van der Waals surface area contributed by atoms with Gasteiger partial charge in [0.25, 0.3) is 5.91 Å². The van der Waals surface area contributed by atoms with Crippen LogP contribution in [-0.4, -0.2) is 38.6 Å². The lowest BCUT2D eigenvalue weighted by Crippen LogP contribution is -2.81. The highest BCUT2D eigenvalue weighted by molar-refractivity contribution is 6.60. The molecule has 96 valence electrons. The highest BCUT2D eigenvalue weighted by atomic mass is 35.5. The Hall–Kier alpha value is -0.520. The molecule has 2 aliphatic heterocycles. The number of hydrogen-bond acceptors (Lipinski definition) is 4. The van der Waals surface area contributed by atoms with Gasteiger partial charge in [0, 0.05) is 0 Å². The van der Waals surface area contributed by atoms with Gasteiger partial charge in [-0.05, 0) is 12.8 Å². The third-order valence-electron chi connectivity index (χ3n) is 3.64. The van der Waals surface area contributed by atoms with E-state index < -0.39 is 33.5 Å². The number of carbonyl (C=O) groups excluding carboxylic acids is 2. The topological polar surface area (TPSA) is 75.6 Å². The Kier molecular flexibility index (Phi) is 2.49. The number of rotatable bonds is 2. The Bertz CT molecular complexity index is 411. The Labute approximate surface area is 108 Å². The van der Waals surface area contributed by atoms with Crippen molar-refractivity contribution in [3.05, 3.63) is 0 Å². The molecule has 0 saturated carbocycles. The summed E-state index contributed by atoms with van der Waals surface area (Å²) in [4.78, 5) is 23.4. The monoisotopic (exact) mass is 281 g/mol. The number of esters is 1. The SMILES string of the molecule is CC(C)[C@H](O)C12NC(=O)C(Cl)(Cl)[C@]1(C)OC2=O. The maximum absolute atomic E-state index is 11.7. The first-order valence-electron chi connectivity index (χ1n) is 5.23. The summed E-state index contributed by atoms with van der Waals surface area (Å²) in [6, 6.07) is 0. The number of amides is 1. The van der Waals surface area contributed by atoms with Crippen molar-refractivity contribution in [2.75, 3.05) is 0 Å². The predicted molar refractivity (Wildman–Crippen MR) is 60.7 cm³/mol. The summed E-state index contributed by atoms with van der Waals surface area (Å²) in [5.74, 6) is -1.70. The van der Waals surface area contributed by atoms with Crippen LogP contribution in [0.3, 0.4) is 0 Å². The zero-order chi connectivity index (χ0) is 13.2. The second kappa shape index (κ2) is 3.28. The maximum Gasteiger partial charge on any atom is 0.339 e. The number of alkyl halides is 2. The molecule has 0 aromatic carbocycles. The van der Waals surface area contributed by atoms with E-state index in [0.717, 1.165) is 0 Å². The van der Waals surface area contributed by atoms with E-state index in [9.17, 15) is 14.7 Å². The fraction of sp³-hybridized carbons (Fsp3) is 0.800. The van der Waals surface area contributed by atoms with Crippen molar-refractivity contribution in [3.8, 4) is 0 Å². The molecule has 2 rings (SSSR count). The summed E-state index contributed by atoms with van der Waals surface area (Å²) in [6.45, 7) is 4.89. The summed E-state index contributed by atoms with van der Waals surface area (Å²) in [5.41, 5.74) is -3.01. The van der Waals surface area contributed by atoms with Crippen molar-refractivity contribution in [2.45, 2.75) is 42.3 Å². The first-order valence-corrected chi connectivity index (χ1v) is 5.99. The van der Waals surface area contributed by atoms with Gasteiger partial charge in [-0.1, -0.05) is 37.0 Å². The minimum atomic E-state index is -1.89. The second-order valence-corrected chi connectivity index (χ2v) is 6.28. The van der Waals surface area contributed by atoms with Gasteiger partial charge in [-0.2, -0.15) is 0 Å². The largest absolute Gasteiger partial charge is 0.450 e. The van der Waals surface area contributed by atoms with Gasteiger partial charge < -0.3 is 15.2 Å². The first-order chi connectivity index (χ1) is 7.61. The van der Waals surface area contributed by atoms with Crippen LogP contribution >= 0.6 is 23.2 Å². The number of fused-ring (bicyclic) bond motifs is 1. The molecule has 5 nitrogen and oxygen atoms in total. The Morgan fingerprint density at radius 1 is 1.35 bits per heavy atom. The minimum absolute atomic E-state index is 0.260. The molecule has 2 aliphatic rings. The number of carbonyl (C=O) groups is 2. The molecule has 0 radical (unpaired) electrons. The van der Waals surface area contributed by atoms with Gasteiger partial charge in [-0.25, -0.2) is 4.79 Å². The average Bonchev–Trinajstić information content (AvgIpc) is 2.33. The molecule has 0 aromatic heterocycles.